The van der Waals surface area contributed by atoms with Gasteiger partial charge in [0.15, 0.2) is 5.82 Å². The molecule has 6 rings (SSSR count). The predicted molar refractivity (Wildman–Crippen MR) is 148 cm³/mol. The van der Waals surface area contributed by atoms with Crippen LogP contribution >= 0.6 is 11.6 Å². The number of fused-ring (bicyclic) bond motifs is 1. The number of rotatable bonds is 7. The molecule has 0 amide bonds. The molecule has 1 aliphatic heterocycles. The molecule has 0 bridgehead atoms. The van der Waals surface area contributed by atoms with Crippen LogP contribution < -0.4 is 4.74 Å². The van der Waals surface area contributed by atoms with Crippen molar-refractivity contribution >= 4 is 22.6 Å². The van der Waals surface area contributed by atoms with Crippen molar-refractivity contribution in [3.63, 3.8) is 0 Å². The van der Waals surface area contributed by atoms with Crippen LogP contribution in [0.1, 0.15) is 41.5 Å². The van der Waals surface area contributed by atoms with E-state index in [1.807, 2.05) is 29.8 Å². The molecule has 2 aromatic carbocycles. The molecule has 1 saturated heterocycles. The van der Waals surface area contributed by atoms with Crippen LogP contribution in [0.2, 0.25) is 5.02 Å². The lowest BCUT2D eigenvalue weighted by atomic mass is 9.90. The smallest absolute Gasteiger partial charge is 0.451 e. The third-order valence-corrected chi connectivity index (χ3v) is 7.81. The minimum Gasteiger partial charge on any atom is -0.472 e. The molecule has 42 heavy (non-hydrogen) atoms. The average Bonchev–Trinajstić information content (AvgIpc) is 3.59. The van der Waals surface area contributed by atoms with Gasteiger partial charge in [-0.1, -0.05) is 23.7 Å². The quantitative estimate of drug-likeness (QED) is 0.214. The zero-order valence-electron chi connectivity index (χ0n) is 22.5. The van der Waals surface area contributed by atoms with Crippen molar-refractivity contribution in [3.05, 3.63) is 88.3 Å². The summed E-state index contributed by atoms with van der Waals surface area (Å²) in [7, 11) is 1.93. The molecular formula is C29H26ClF4N7O. The Morgan fingerprint density at radius 1 is 1.07 bits per heavy atom. The zero-order chi connectivity index (χ0) is 29.4. The maximum Gasteiger partial charge on any atom is 0.451 e. The predicted octanol–water partition coefficient (Wildman–Crippen LogP) is 6.52. The van der Waals surface area contributed by atoms with Gasteiger partial charge in [0, 0.05) is 35.0 Å². The molecule has 1 fully saturated rings. The number of nitrogens with one attached hydrogen (secondary N) is 1. The number of benzene rings is 2. The van der Waals surface area contributed by atoms with Gasteiger partial charge in [-0.25, -0.2) is 14.4 Å². The van der Waals surface area contributed by atoms with Crippen molar-refractivity contribution in [3.8, 4) is 17.3 Å². The van der Waals surface area contributed by atoms with Crippen LogP contribution in [0.5, 0.6) is 5.88 Å². The fourth-order valence-corrected chi connectivity index (χ4v) is 5.44. The molecule has 0 unspecified atom stereocenters. The van der Waals surface area contributed by atoms with Gasteiger partial charge in [0.2, 0.25) is 11.7 Å². The summed E-state index contributed by atoms with van der Waals surface area (Å²) >= 11 is 5.86. The highest BCUT2D eigenvalue weighted by molar-refractivity contribution is 6.30. The fourth-order valence-electron chi connectivity index (χ4n) is 5.28. The molecule has 0 atom stereocenters. The Kier molecular flexibility index (Phi) is 7.58. The second-order valence-electron chi connectivity index (χ2n) is 10.3. The molecule has 13 heteroatoms. The van der Waals surface area contributed by atoms with Crippen molar-refractivity contribution in [1.29, 1.82) is 0 Å². The first-order chi connectivity index (χ1) is 20.2. The maximum atomic E-state index is 14.2. The summed E-state index contributed by atoms with van der Waals surface area (Å²) in [4.78, 5) is 13.8. The summed E-state index contributed by atoms with van der Waals surface area (Å²) in [5.74, 6) is 0.0836. The van der Waals surface area contributed by atoms with Gasteiger partial charge < -0.3 is 14.3 Å². The van der Waals surface area contributed by atoms with E-state index in [4.69, 9.17) is 21.3 Å². The van der Waals surface area contributed by atoms with Gasteiger partial charge in [0.1, 0.15) is 18.2 Å². The molecule has 4 heterocycles. The van der Waals surface area contributed by atoms with E-state index in [0.717, 1.165) is 42.8 Å². The van der Waals surface area contributed by atoms with Crippen molar-refractivity contribution < 1.29 is 22.3 Å². The molecule has 0 saturated carbocycles. The highest BCUT2D eigenvalue weighted by atomic mass is 35.5. The number of pyridine rings is 1. The Morgan fingerprint density at radius 3 is 2.62 bits per heavy atom. The Hall–Kier alpha value is -4.03. The van der Waals surface area contributed by atoms with Crippen molar-refractivity contribution in [2.45, 2.75) is 38.1 Å². The van der Waals surface area contributed by atoms with Gasteiger partial charge in [-0.15, -0.1) is 10.2 Å². The SMILES string of the molecule is Cn1c(CN2CCC(c3cccnc3OCc3ccc(Cl)cc3F)CC2)nc2cc(-c3nnc(C(F)(F)F)[nH]3)ccc21. The van der Waals surface area contributed by atoms with Gasteiger partial charge in [-0.05, 0) is 68.2 Å². The Bertz CT molecular complexity index is 1730. The van der Waals surface area contributed by atoms with Crippen LogP contribution in [0.15, 0.2) is 54.7 Å². The van der Waals surface area contributed by atoms with E-state index in [1.54, 1.807) is 30.5 Å². The van der Waals surface area contributed by atoms with Crippen LogP contribution in [-0.2, 0) is 26.4 Å². The van der Waals surface area contributed by atoms with Crippen LogP contribution in [0.3, 0.4) is 0 Å². The van der Waals surface area contributed by atoms with E-state index in [9.17, 15) is 17.6 Å². The summed E-state index contributed by atoms with van der Waals surface area (Å²) in [6.07, 6.45) is -1.15. The number of alkyl halides is 3. The summed E-state index contributed by atoms with van der Waals surface area (Å²) in [5, 5.41) is 7.20. The van der Waals surface area contributed by atoms with E-state index in [-0.39, 0.29) is 18.3 Å². The second-order valence-corrected chi connectivity index (χ2v) is 10.7. The first-order valence-electron chi connectivity index (χ1n) is 13.4. The molecule has 218 valence electrons. The number of aromatic nitrogens is 6. The largest absolute Gasteiger partial charge is 0.472 e. The molecule has 0 aliphatic carbocycles. The summed E-state index contributed by atoms with van der Waals surface area (Å²) in [6, 6.07) is 13.6. The van der Waals surface area contributed by atoms with Gasteiger partial charge in [0.05, 0.1) is 17.6 Å². The molecule has 5 aromatic rings. The number of nitrogens with zero attached hydrogens (tertiary/aromatic N) is 6. The molecule has 1 N–H and O–H groups in total. The molecule has 0 spiro atoms. The van der Waals surface area contributed by atoms with E-state index in [0.29, 0.717) is 34.1 Å². The van der Waals surface area contributed by atoms with Crippen LogP contribution in [-0.4, -0.2) is 47.7 Å². The topological polar surface area (TPSA) is 84.8 Å². The molecule has 8 nitrogen and oxygen atoms in total. The Morgan fingerprint density at radius 2 is 1.88 bits per heavy atom. The summed E-state index contributed by atoms with van der Waals surface area (Å²) in [5.41, 5.74) is 3.42. The highest BCUT2D eigenvalue weighted by Gasteiger charge is 2.35. The second kappa shape index (κ2) is 11.3. The van der Waals surface area contributed by atoms with Crippen LogP contribution in [0.4, 0.5) is 17.6 Å². The number of likely N-dealkylation sites (tertiary alicyclic amines) is 1. The van der Waals surface area contributed by atoms with Gasteiger partial charge in [-0.2, -0.15) is 13.2 Å². The van der Waals surface area contributed by atoms with E-state index >= 15 is 0 Å². The lowest BCUT2D eigenvalue weighted by Gasteiger charge is -2.32. The lowest BCUT2D eigenvalue weighted by molar-refractivity contribution is -0.144. The zero-order valence-corrected chi connectivity index (χ0v) is 23.3. The Balaban J connectivity index is 1.11. The van der Waals surface area contributed by atoms with E-state index in [1.165, 1.54) is 6.07 Å². The van der Waals surface area contributed by atoms with E-state index < -0.39 is 17.8 Å². The summed E-state index contributed by atoms with van der Waals surface area (Å²) in [6.45, 7) is 2.34. The normalized spacial score (nSPS) is 15.0. The minimum absolute atomic E-state index is 0.0375. The standard InChI is InChI=1S/C29H26ClF4N7O/c1-40-24-7-5-18(26-37-28(39-38-26)29(32,33)34)13-23(24)36-25(40)15-41-11-8-17(9-12-41)21-3-2-10-35-27(21)42-16-19-4-6-20(30)14-22(19)31/h2-7,10,13-14,17H,8-9,11-12,15-16H2,1H3,(H,37,38,39). The molecule has 3 aromatic heterocycles. The number of hydrogen-bond acceptors (Lipinski definition) is 6. The maximum absolute atomic E-state index is 14.2. The third-order valence-electron chi connectivity index (χ3n) is 7.57. The molecule has 0 radical (unpaired) electrons. The van der Waals surface area contributed by atoms with Crippen molar-refractivity contribution in [2.75, 3.05) is 13.1 Å². The first-order valence-corrected chi connectivity index (χ1v) is 13.7. The first kappa shape index (κ1) is 28.1. The average molecular weight is 600 g/mol. The van der Waals surface area contributed by atoms with Crippen molar-refractivity contribution in [2.24, 2.45) is 7.05 Å². The molecular weight excluding hydrogens is 574 g/mol. The highest BCUT2D eigenvalue weighted by Crippen LogP contribution is 2.34. The van der Waals surface area contributed by atoms with Crippen LogP contribution in [0.25, 0.3) is 22.4 Å². The van der Waals surface area contributed by atoms with Gasteiger partial charge in [-0.3, -0.25) is 4.90 Å². The number of ether oxygens (including phenoxy) is 1. The lowest BCUT2D eigenvalue weighted by Crippen LogP contribution is -2.33. The third kappa shape index (κ3) is 5.82. The number of halogens is 5. The number of imidazole rings is 1. The number of hydrogen-bond donors (Lipinski definition) is 1. The molecule has 1 aliphatic rings. The number of H-pyrrole nitrogens is 1. The minimum atomic E-state index is -4.59. The van der Waals surface area contributed by atoms with Crippen LogP contribution in [0, 0.1) is 5.82 Å². The van der Waals surface area contributed by atoms with E-state index in [2.05, 4.69) is 25.1 Å². The van der Waals surface area contributed by atoms with Gasteiger partial charge >= 0.3 is 6.18 Å². The number of aryl methyl sites for hydroxylation is 1. The fraction of sp³-hybridized carbons (Fsp3) is 0.310. The monoisotopic (exact) mass is 599 g/mol. The Labute approximate surface area is 243 Å². The number of piperidine rings is 1. The van der Waals surface area contributed by atoms with Crippen molar-refractivity contribution in [1.82, 2.24) is 34.6 Å². The summed E-state index contributed by atoms with van der Waals surface area (Å²) < 4.78 is 61.0. The van der Waals surface area contributed by atoms with Gasteiger partial charge in [0.25, 0.3) is 0 Å². The number of aromatic amines is 1.